The first-order valence-corrected chi connectivity index (χ1v) is 30.5. The van der Waals surface area contributed by atoms with Crippen LogP contribution >= 0.6 is 0 Å². The van der Waals surface area contributed by atoms with Gasteiger partial charge in [0.1, 0.15) is 0 Å². The van der Waals surface area contributed by atoms with E-state index in [0.29, 0.717) is 13.1 Å². The summed E-state index contributed by atoms with van der Waals surface area (Å²) in [5.41, 5.74) is 14.1. The summed E-state index contributed by atoms with van der Waals surface area (Å²) in [5.74, 6) is 4.93. The van der Waals surface area contributed by atoms with Gasteiger partial charge in [0.05, 0.1) is 0 Å². The maximum absolute atomic E-state index is 6.76. The summed E-state index contributed by atoms with van der Waals surface area (Å²) in [6.07, 6.45) is 0. The van der Waals surface area contributed by atoms with E-state index in [-0.39, 0.29) is 0 Å². The minimum absolute atomic E-state index is 0.708. The SMILES string of the molecule is Cc1cc(C)c(N2CCN(c3ccccc3Oc3ccccc3)/C2=[N]/[Zr]([CH2]c2ccccc2)([CH2]c2ccccc2)/[N]=C2/N(c3ccccc3Oc3ccccc3)CCN2c2c(C)cc(C)cc2C)c(C)c1. The molecule has 2 saturated heterocycles. The summed E-state index contributed by atoms with van der Waals surface area (Å²) in [6.45, 7) is 16.2. The second-order valence-electron chi connectivity index (χ2n) is 19.0. The van der Waals surface area contributed by atoms with E-state index in [1.165, 1.54) is 55.9 Å². The molecule has 8 nitrogen and oxygen atoms in total. The summed E-state index contributed by atoms with van der Waals surface area (Å²) in [4.78, 5) is 9.76. The van der Waals surface area contributed by atoms with Gasteiger partial charge in [0, 0.05) is 0 Å². The van der Waals surface area contributed by atoms with Crippen molar-refractivity contribution in [3.05, 3.63) is 239 Å². The van der Waals surface area contributed by atoms with Crippen molar-refractivity contribution >= 4 is 34.7 Å². The van der Waals surface area contributed by atoms with Crippen LogP contribution in [0.5, 0.6) is 23.0 Å². The molecule has 0 bridgehead atoms. The van der Waals surface area contributed by atoms with Crippen molar-refractivity contribution in [1.82, 2.24) is 0 Å². The molecule has 8 aromatic carbocycles. The average Bonchev–Trinajstić information content (AvgIpc) is 3.95. The Morgan fingerprint density at radius 2 is 0.690 bits per heavy atom. The summed E-state index contributed by atoms with van der Waals surface area (Å²) < 4.78 is 27.9. The molecule has 0 aromatic heterocycles. The van der Waals surface area contributed by atoms with E-state index in [9.17, 15) is 0 Å². The standard InChI is InChI=1S/2C24H24N3O.2C7H7.Zr/c2*1-17-15-18(2)23(19(3)16-17)27-14-13-26(24(27)25)21-11-7-8-12-22(21)28-20-9-5-4-6-10-20;2*1-7-5-3-2-4-6-7;/h2*4-12,15-16H,13-14H2,1-3H3;2*2-6H,1H2;/q2*-1;;;+2. The molecule has 0 saturated carbocycles. The van der Waals surface area contributed by atoms with E-state index in [1.807, 2.05) is 60.7 Å². The molecule has 0 radical (unpaired) electrons. The monoisotopic (exact) mass is 1010 g/mol. The summed E-state index contributed by atoms with van der Waals surface area (Å²) in [5, 5.41) is 0. The second kappa shape index (κ2) is 21.0. The Morgan fingerprint density at radius 3 is 1.06 bits per heavy atom. The molecule has 2 aliphatic rings. The van der Waals surface area contributed by atoms with Gasteiger partial charge in [-0.2, -0.15) is 0 Å². The molecule has 0 N–H and O–H groups in total. The van der Waals surface area contributed by atoms with Gasteiger partial charge < -0.3 is 0 Å². The van der Waals surface area contributed by atoms with Crippen LogP contribution in [0, 0.1) is 41.5 Å². The fraction of sp³-hybridized carbons (Fsp3) is 0.194. The number of para-hydroxylation sites is 6. The van der Waals surface area contributed by atoms with Gasteiger partial charge >= 0.3 is 428 Å². The maximum atomic E-state index is 6.76. The van der Waals surface area contributed by atoms with Crippen LogP contribution in [0.1, 0.15) is 44.5 Å². The van der Waals surface area contributed by atoms with Crippen LogP contribution in [0.4, 0.5) is 22.7 Å². The first-order valence-electron chi connectivity index (χ1n) is 24.8. The summed E-state index contributed by atoms with van der Waals surface area (Å²) >= 11 is -4.65. The topological polar surface area (TPSA) is 56.1 Å². The van der Waals surface area contributed by atoms with Crippen LogP contribution in [0.3, 0.4) is 0 Å². The van der Waals surface area contributed by atoms with Gasteiger partial charge in [-0.1, -0.05) is 0 Å². The molecule has 0 aliphatic carbocycles. The molecule has 0 atom stereocenters. The van der Waals surface area contributed by atoms with E-state index < -0.39 is 20.8 Å². The van der Waals surface area contributed by atoms with Gasteiger partial charge in [0.25, 0.3) is 0 Å². The third-order valence-electron chi connectivity index (χ3n) is 13.4. The Balaban J connectivity index is 1.26. The third-order valence-corrected chi connectivity index (χ3v) is 21.2. The van der Waals surface area contributed by atoms with Crippen LogP contribution < -0.4 is 29.1 Å². The zero-order valence-corrected chi connectivity index (χ0v) is 44.2. The quantitative estimate of drug-likeness (QED) is 0.108. The number of guanidine groups is 2. The van der Waals surface area contributed by atoms with Gasteiger partial charge in [-0.3, -0.25) is 0 Å². The van der Waals surface area contributed by atoms with Gasteiger partial charge in [-0.25, -0.2) is 0 Å². The van der Waals surface area contributed by atoms with Crippen LogP contribution in [0.25, 0.3) is 0 Å². The Morgan fingerprint density at radius 1 is 0.380 bits per heavy atom. The number of nitrogens with zero attached hydrogens (tertiary/aromatic N) is 6. The predicted molar refractivity (Wildman–Crippen MR) is 292 cm³/mol. The minimum atomic E-state index is -4.65. The van der Waals surface area contributed by atoms with Gasteiger partial charge in [0.2, 0.25) is 0 Å². The van der Waals surface area contributed by atoms with Crippen molar-refractivity contribution in [3.8, 4) is 23.0 Å². The van der Waals surface area contributed by atoms with Crippen LogP contribution in [0.15, 0.2) is 200 Å². The van der Waals surface area contributed by atoms with E-state index in [0.717, 1.165) is 67.6 Å². The normalized spacial score (nSPS) is 15.0. The molecule has 9 heteroatoms. The number of benzene rings is 8. The molecule has 0 unspecified atom stereocenters. The molecule has 8 aromatic rings. The van der Waals surface area contributed by atoms with Crippen molar-refractivity contribution in [2.24, 2.45) is 5.87 Å². The Bertz CT molecular complexity index is 2940. The van der Waals surface area contributed by atoms with Gasteiger partial charge in [0.15, 0.2) is 0 Å². The first kappa shape index (κ1) is 47.5. The number of hydrogen-bond acceptors (Lipinski definition) is 4. The van der Waals surface area contributed by atoms with Crippen molar-refractivity contribution in [1.29, 1.82) is 0 Å². The number of aryl methyl sites for hydroxylation is 6. The number of ether oxygens (including phenoxy) is 2. The van der Waals surface area contributed by atoms with Crippen LogP contribution in [-0.4, -0.2) is 38.1 Å². The van der Waals surface area contributed by atoms with Crippen LogP contribution in [-0.2, 0) is 29.1 Å². The molecule has 0 spiro atoms. The molecular weight excluding hydrogens is 952 g/mol. The van der Waals surface area contributed by atoms with Crippen molar-refractivity contribution < 1.29 is 30.3 Å². The van der Waals surface area contributed by atoms with E-state index in [2.05, 4.69) is 195 Å². The van der Waals surface area contributed by atoms with Crippen molar-refractivity contribution in [2.45, 2.75) is 49.8 Å². The zero-order valence-electron chi connectivity index (χ0n) is 41.7. The van der Waals surface area contributed by atoms with Crippen LogP contribution in [0.2, 0.25) is 0 Å². The summed E-state index contributed by atoms with van der Waals surface area (Å²) in [6, 6.07) is 68.1. The van der Waals surface area contributed by atoms with Gasteiger partial charge in [-0.05, 0) is 0 Å². The molecule has 0 amide bonds. The molecule has 2 fully saturated rings. The third kappa shape index (κ3) is 10.5. The molecule has 2 aliphatic heterocycles. The van der Waals surface area contributed by atoms with Crippen molar-refractivity contribution in [3.63, 3.8) is 0 Å². The van der Waals surface area contributed by atoms with E-state index in [1.54, 1.807) is 0 Å². The molecule has 2 heterocycles. The predicted octanol–water partition coefficient (Wildman–Crippen LogP) is 14.6. The fourth-order valence-electron chi connectivity index (χ4n) is 10.6. The summed E-state index contributed by atoms with van der Waals surface area (Å²) in [7, 11) is 0. The van der Waals surface area contributed by atoms with Gasteiger partial charge in [-0.15, -0.1) is 0 Å². The zero-order chi connectivity index (χ0) is 48.9. The molecule has 10 rings (SSSR count). The fourth-order valence-corrected chi connectivity index (χ4v) is 19.2. The number of rotatable bonds is 14. The van der Waals surface area contributed by atoms with E-state index in [4.69, 9.17) is 15.3 Å². The molecule has 71 heavy (non-hydrogen) atoms. The average molecular weight is 1010 g/mol. The Hall–Kier alpha value is -7.22. The molecule has 356 valence electrons. The van der Waals surface area contributed by atoms with Crippen molar-refractivity contribution in [2.75, 3.05) is 45.8 Å². The number of anilines is 4. The molecular formula is C62H62N6O2Zr. The number of hydrogen-bond donors (Lipinski definition) is 0. The Kier molecular flexibility index (Phi) is 14.0. The second-order valence-corrected chi connectivity index (χ2v) is 26.7. The Labute approximate surface area is 425 Å². The first-order chi connectivity index (χ1) is 34.6. The van der Waals surface area contributed by atoms with E-state index >= 15 is 0 Å².